The molecule has 0 saturated heterocycles. The number of alkyl halides is 2. The molecule has 0 unspecified atom stereocenters. The maximum absolute atomic E-state index is 12.8. The zero-order valence-electron chi connectivity index (χ0n) is 12.2. The number of amides is 1. The Morgan fingerprint density at radius 1 is 1.13 bits per heavy atom. The van der Waals surface area contributed by atoms with Crippen molar-refractivity contribution in [2.45, 2.75) is 13.5 Å². The quantitative estimate of drug-likeness (QED) is 0.870. The van der Waals surface area contributed by atoms with Gasteiger partial charge in [0.1, 0.15) is 5.82 Å². The monoisotopic (exact) mass is 325 g/mol. The van der Waals surface area contributed by atoms with Crippen molar-refractivity contribution >= 4 is 11.6 Å². The zero-order valence-corrected chi connectivity index (χ0v) is 12.2. The molecule has 2 aromatic carbocycles. The number of rotatable bonds is 6. The number of benzene rings is 2. The van der Waals surface area contributed by atoms with E-state index in [0.29, 0.717) is 5.69 Å². The summed E-state index contributed by atoms with van der Waals surface area (Å²) in [6.07, 6.45) is 0. The highest BCUT2D eigenvalue weighted by molar-refractivity contribution is 6.04. The molecule has 1 N–H and O–H groups in total. The summed E-state index contributed by atoms with van der Waals surface area (Å²) in [5, 5.41) is 2.56. The van der Waals surface area contributed by atoms with Crippen molar-refractivity contribution in [1.29, 1.82) is 0 Å². The van der Waals surface area contributed by atoms with Crippen molar-refractivity contribution in [3.63, 3.8) is 0 Å². The average molecular weight is 325 g/mol. The summed E-state index contributed by atoms with van der Waals surface area (Å²) in [6.45, 7) is -1.09. The molecule has 0 aliphatic carbocycles. The summed E-state index contributed by atoms with van der Waals surface area (Å²) in [5.41, 5.74) is 0.599. The average Bonchev–Trinajstić information content (AvgIpc) is 2.51. The highest BCUT2D eigenvalue weighted by atomic mass is 19.3. The first-order valence-electron chi connectivity index (χ1n) is 6.78. The molecule has 2 rings (SSSR count). The maximum atomic E-state index is 12.8. The normalized spacial score (nSPS) is 10.5. The van der Waals surface area contributed by atoms with Crippen LogP contribution >= 0.6 is 0 Å². The van der Waals surface area contributed by atoms with Gasteiger partial charge in [-0.3, -0.25) is 4.79 Å². The predicted octanol–water partition coefficient (Wildman–Crippen LogP) is 4.08. The van der Waals surface area contributed by atoms with Crippen LogP contribution in [-0.2, 0) is 0 Å². The first kappa shape index (κ1) is 16.7. The number of carbonyl (C=O) groups is 1. The van der Waals surface area contributed by atoms with Gasteiger partial charge in [0, 0.05) is 11.3 Å². The molecule has 0 fully saturated rings. The van der Waals surface area contributed by atoms with Crippen LogP contribution in [0.2, 0.25) is 0 Å². The third-order valence-corrected chi connectivity index (χ3v) is 2.82. The number of ether oxygens (including phenoxy) is 2. The molecule has 0 aliphatic rings. The van der Waals surface area contributed by atoms with E-state index in [0.717, 1.165) is 0 Å². The molecule has 4 nitrogen and oxygen atoms in total. The Labute approximate surface area is 130 Å². The Kier molecular flexibility index (Phi) is 5.46. The number of hydrogen-bond donors (Lipinski definition) is 1. The van der Waals surface area contributed by atoms with Crippen molar-refractivity contribution in [1.82, 2.24) is 0 Å². The van der Waals surface area contributed by atoms with Gasteiger partial charge in [0.05, 0.1) is 6.61 Å². The molecule has 7 heteroatoms. The molecule has 2 aromatic rings. The molecule has 23 heavy (non-hydrogen) atoms. The minimum atomic E-state index is -2.99. The van der Waals surface area contributed by atoms with Crippen LogP contribution in [0.3, 0.4) is 0 Å². The second-order valence-electron chi connectivity index (χ2n) is 4.43. The summed E-state index contributed by atoms with van der Waals surface area (Å²) < 4.78 is 47.0. The molecular weight excluding hydrogens is 311 g/mol. The van der Waals surface area contributed by atoms with Crippen LogP contribution in [0.1, 0.15) is 17.3 Å². The second-order valence-corrected chi connectivity index (χ2v) is 4.43. The fraction of sp³-hybridized carbons (Fsp3) is 0.188. The van der Waals surface area contributed by atoms with Gasteiger partial charge in [0.15, 0.2) is 11.5 Å². The molecule has 0 radical (unpaired) electrons. The van der Waals surface area contributed by atoms with Crippen molar-refractivity contribution in [3.8, 4) is 11.5 Å². The third kappa shape index (κ3) is 4.64. The van der Waals surface area contributed by atoms with Crippen molar-refractivity contribution in [2.24, 2.45) is 0 Å². The fourth-order valence-electron chi connectivity index (χ4n) is 1.85. The third-order valence-electron chi connectivity index (χ3n) is 2.82. The van der Waals surface area contributed by atoms with Gasteiger partial charge in [-0.15, -0.1) is 0 Å². The van der Waals surface area contributed by atoms with Gasteiger partial charge in [-0.05, 0) is 49.4 Å². The maximum Gasteiger partial charge on any atom is 0.387 e. The van der Waals surface area contributed by atoms with Crippen molar-refractivity contribution in [3.05, 3.63) is 53.8 Å². The Morgan fingerprint density at radius 2 is 1.83 bits per heavy atom. The molecule has 0 heterocycles. The molecule has 122 valence electrons. The van der Waals surface area contributed by atoms with Crippen LogP contribution in [0.15, 0.2) is 42.5 Å². The van der Waals surface area contributed by atoms with Gasteiger partial charge < -0.3 is 14.8 Å². The van der Waals surface area contributed by atoms with Gasteiger partial charge in [-0.25, -0.2) is 4.39 Å². The minimum absolute atomic E-state index is 0.0413. The number of hydrogen-bond acceptors (Lipinski definition) is 3. The van der Waals surface area contributed by atoms with E-state index < -0.39 is 18.3 Å². The highest BCUT2D eigenvalue weighted by Gasteiger charge is 2.14. The fourth-order valence-corrected chi connectivity index (χ4v) is 1.85. The Morgan fingerprint density at radius 3 is 2.43 bits per heavy atom. The van der Waals surface area contributed by atoms with E-state index in [4.69, 9.17) is 4.74 Å². The van der Waals surface area contributed by atoms with E-state index >= 15 is 0 Å². The lowest BCUT2D eigenvalue weighted by molar-refractivity contribution is -0.0514. The van der Waals surface area contributed by atoms with E-state index in [1.54, 1.807) is 6.92 Å². The summed E-state index contributed by atoms with van der Waals surface area (Å²) in [6, 6.07) is 9.10. The predicted molar refractivity (Wildman–Crippen MR) is 78.6 cm³/mol. The number of anilines is 1. The molecule has 0 atom stereocenters. The first-order valence-corrected chi connectivity index (χ1v) is 6.78. The number of halogens is 3. The van der Waals surface area contributed by atoms with E-state index in [1.807, 2.05) is 0 Å². The van der Waals surface area contributed by atoms with Crippen LogP contribution in [0, 0.1) is 5.82 Å². The lowest BCUT2D eigenvalue weighted by Crippen LogP contribution is -2.12. The van der Waals surface area contributed by atoms with Gasteiger partial charge in [-0.2, -0.15) is 8.78 Å². The lowest BCUT2D eigenvalue weighted by atomic mass is 10.2. The van der Waals surface area contributed by atoms with Crippen LogP contribution in [-0.4, -0.2) is 19.1 Å². The molecule has 0 bridgehead atoms. The molecule has 0 spiro atoms. The summed E-state index contributed by atoms with van der Waals surface area (Å²) >= 11 is 0. The molecular formula is C16H14F3NO3. The van der Waals surface area contributed by atoms with E-state index in [1.165, 1.54) is 42.5 Å². The van der Waals surface area contributed by atoms with Gasteiger partial charge >= 0.3 is 6.61 Å². The smallest absolute Gasteiger partial charge is 0.387 e. The Balaban J connectivity index is 2.19. The minimum Gasteiger partial charge on any atom is -0.490 e. The van der Waals surface area contributed by atoms with Crippen molar-refractivity contribution in [2.75, 3.05) is 11.9 Å². The van der Waals surface area contributed by atoms with Crippen LogP contribution in [0.4, 0.5) is 18.9 Å². The topological polar surface area (TPSA) is 47.6 Å². The largest absolute Gasteiger partial charge is 0.490 e. The SMILES string of the molecule is CCOc1cc(C(=O)Nc2ccc(F)cc2)ccc1OC(F)F. The van der Waals surface area contributed by atoms with E-state index in [-0.39, 0.29) is 23.7 Å². The summed E-state index contributed by atoms with van der Waals surface area (Å²) in [4.78, 5) is 12.1. The lowest BCUT2D eigenvalue weighted by Gasteiger charge is -2.12. The van der Waals surface area contributed by atoms with Gasteiger partial charge in [0.2, 0.25) is 0 Å². The Hall–Kier alpha value is -2.70. The molecule has 0 aliphatic heterocycles. The number of nitrogens with one attached hydrogen (secondary N) is 1. The zero-order chi connectivity index (χ0) is 16.8. The number of carbonyl (C=O) groups excluding carboxylic acids is 1. The van der Waals surface area contributed by atoms with Crippen LogP contribution in [0.5, 0.6) is 11.5 Å². The van der Waals surface area contributed by atoms with Crippen LogP contribution < -0.4 is 14.8 Å². The summed E-state index contributed by atoms with van der Waals surface area (Å²) in [7, 11) is 0. The highest BCUT2D eigenvalue weighted by Crippen LogP contribution is 2.30. The summed E-state index contributed by atoms with van der Waals surface area (Å²) in [5.74, 6) is -1.02. The molecule has 0 aromatic heterocycles. The van der Waals surface area contributed by atoms with Gasteiger partial charge in [0.25, 0.3) is 5.91 Å². The van der Waals surface area contributed by atoms with E-state index in [9.17, 15) is 18.0 Å². The Bertz CT molecular complexity index is 675. The van der Waals surface area contributed by atoms with Crippen molar-refractivity contribution < 1.29 is 27.4 Å². The van der Waals surface area contributed by atoms with Crippen LogP contribution in [0.25, 0.3) is 0 Å². The first-order chi connectivity index (χ1) is 11.0. The molecule has 1 amide bonds. The van der Waals surface area contributed by atoms with Gasteiger partial charge in [-0.1, -0.05) is 0 Å². The second kappa shape index (κ2) is 7.53. The van der Waals surface area contributed by atoms with E-state index in [2.05, 4.69) is 10.1 Å². The standard InChI is InChI=1S/C16H14F3NO3/c1-2-22-14-9-10(3-8-13(14)23-16(18)19)15(21)20-12-6-4-11(17)5-7-12/h3-9,16H,2H2,1H3,(H,20,21). The molecule has 0 saturated carbocycles.